The number of hydrogen-bond donors (Lipinski definition) is 0. The molecule has 7 heteroatoms. The van der Waals surface area contributed by atoms with Gasteiger partial charge in [-0.2, -0.15) is 0 Å². The monoisotopic (exact) mass is 474 g/mol. The molecule has 0 saturated carbocycles. The third kappa shape index (κ3) is 3.18. The fraction of sp³-hybridized carbons (Fsp3) is 0. The van der Waals surface area contributed by atoms with Crippen LogP contribution in [0.4, 0.5) is 0 Å². The van der Waals surface area contributed by atoms with Crippen molar-refractivity contribution in [3.05, 3.63) is 64.4 Å². The van der Waals surface area contributed by atoms with Gasteiger partial charge in [-0.15, -0.1) is 0 Å². The highest BCUT2D eigenvalue weighted by Crippen LogP contribution is 2.39. The summed E-state index contributed by atoms with van der Waals surface area (Å²) in [6.45, 7) is 0. The van der Waals surface area contributed by atoms with Gasteiger partial charge in [0.05, 0.1) is 25.7 Å². The summed E-state index contributed by atoms with van der Waals surface area (Å²) in [7, 11) is 0. The number of hydrogen-bond acceptors (Lipinski definition) is 1. The average molecular weight is 478 g/mol. The van der Waals surface area contributed by atoms with Gasteiger partial charge >= 0.3 is 0 Å². The fourth-order valence-corrected chi connectivity index (χ4v) is 3.89. The Hall–Kier alpha value is 0.230. The van der Waals surface area contributed by atoms with E-state index < -0.39 is 0 Å². The van der Waals surface area contributed by atoms with Crippen LogP contribution in [0.15, 0.2) is 33.2 Å². The fourth-order valence-electron chi connectivity index (χ4n) is 1.58. The quantitative estimate of drug-likeness (QED) is 0.257. The van der Waals surface area contributed by atoms with E-state index in [1.807, 2.05) is 0 Å². The lowest BCUT2D eigenvalue weighted by Crippen LogP contribution is -2.05. The smallest absolute Gasteiger partial charge is 0.197 e. The molecule has 0 saturated heterocycles. The van der Waals surface area contributed by atoms with E-state index in [1.165, 1.54) is 6.07 Å². The first kappa shape index (κ1) is 16.6. The van der Waals surface area contributed by atoms with E-state index >= 15 is 0 Å². The maximum atomic E-state index is 12.6. The number of halogens is 6. The second-order valence-corrected chi connectivity index (χ2v) is 7.14. The van der Waals surface area contributed by atoms with Crippen molar-refractivity contribution in [3.8, 4) is 0 Å². The van der Waals surface area contributed by atoms with Gasteiger partial charge in [0.25, 0.3) is 0 Å². The molecule has 0 spiro atoms. The number of carbonyl (C=O) groups is 1. The highest BCUT2D eigenvalue weighted by Gasteiger charge is 2.22. The minimum atomic E-state index is -0.335. The summed E-state index contributed by atoms with van der Waals surface area (Å²) in [5.41, 5.74) is 0.557. The van der Waals surface area contributed by atoms with Gasteiger partial charge < -0.3 is 0 Å². The van der Waals surface area contributed by atoms with Crippen LogP contribution in [-0.2, 0) is 0 Å². The van der Waals surface area contributed by atoms with Crippen LogP contribution in [0.3, 0.4) is 0 Å². The highest BCUT2D eigenvalue weighted by molar-refractivity contribution is 9.11. The molecule has 104 valence electrons. The molecule has 0 aliphatic carbocycles. The van der Waals surface area contributed by atoms with Gasteiger partial charge in [0.2, 0.25) is 0 Å². The molecule has 0 unspecified atom stereocenters. The Balaban J connectivity index is 2.63. The first-order valence-corrected chi connectivity index (χ1v) is 8.25. The van der Waals surface area contributed by atoms with Crippen LogP contribution >= 0.6 is 78.3 Å². The first-order chi connectivity index (χ1) is 9.32. The molecule has 0 aliphatic rings. The normalized spacial score (nSPS) is 10.7. The molecule has 0 atom stereocenters. The van der Waals surface area contributed by atoms with Crippen LogP contribution < -0.4 is 0 Å². The van der Waals surface area contributed by atoms with Crippen LogP contribution in [-0.4, -0.2) is 5.78 Å². The minimum Gasteiger partial charge on any atom is -0.288 e. The van der Waals surface area contributed by atoms with Gasteiger partial charge in [0.1, 0.15) is 0 Å². The molecule has 0 aliphatic heterocycles. The summed E-state index contributed by atoms with van der Waals surface area (Å²) in [4.78, 5) is 12.6. The first-order valence-electron chi connectivity index (χ1n) is 5.15. The van der Waals surface area contributed by atoms with Crippen LogP contribution in [0.25, 0.3) is 0 Å². The summed E-state index contributed by atoms with van der Waals surface area (Å²) >= 11 is 30.6. The molecule has 0 aromatic heterocycles. The molecule has 0 fully saturated rings. The molecule has 0 heterocycles. The Labute approximate surface area is 152 Å². The minimum absolute atomic E-state index is 0.0454. The van der Waals surface area contributed by atoms with Crippen LogP contribution in [0.1, 0.15) is 15.9 Å². The summed E-state index contributed by atoms with van der Waals surface area (Å²) in [5, 5.41) is 0.510. The van der Waals surface area contributed by atoms with Crippen LogP contribution in [0.2, 0.25) is 20.1 Å². The van der Waals surface area contributed by atoms with E-state index in [4.69, 9.17) is 46.4 Å². The predicted octanol–water partition coefficient (Wildman–Crippen LogP) is 7.06. The predicted molar refractivity (Wildman–Crippen MR) is 91.8 cm³/mol. The van der Waals surface area contributed by atoms with Gasteiger partial charge in [-0.05, 0) is 40.2 Å². The van der Waals surface area contributed by atoms with Crippen molar-refractivity contribution in [2.45, 2.75) is 0 Å². The Bertz CT molecular complexity index is 716. The zero-order valence-electron chi connectivity index (χ0n) is 9.49. The van der Waals surface area contributed by atoms with E-state index in [0.717, 1.165) is 4.47 Å². The Kier molecular flexibility index (Phi) is 5.44. The van der Waals surface area contributed by atoms with Gasteiger partial charge in [-0.25, -0.2) is 0 Å². The second-order valence-electron chi connectivity index (χ2n) is 3.80. The highest BCUT2D eigenvalue weighted by atomic mass is 79.9. The lowest BCUT2D eigenvalue weighted by Gasteiger charge is -2.10. The van der Waals surface area contributed by atoms with Crippen molar-refractivity contribution >= 4 is 84.0 Å². The summed E-state index contributed by atoms with van der Waals surface area (Å²) in [5.74, 6) is -0.335. The molecule has 20 heavy (non-hydrogen) atoms. The van der Waals surface area contributed by atoms with Crippen molar-refractivity contribution in [1.82, 2.24) is 0 Å². The van der Waals surface area contributed by atoms with E-state index in [2.05, 4.69) is 31.9 Å². The zero-order chi connectivity index (χ0) is 15.0. The Morgan fingerprint density at radius 3 is 2.15 bits per heavy atom. The molecule has 0 bridgehead atoms. The third-order valence-electron chi connectivity index (χ3n) is 2.52. The van der Waals surface area contributed by atoms with Crippen molar-refractivity contribution in [3.63, 3.8) is 0 Å². The number of ketones is 1. The van der Waals surface area contributed by atoms with E-state index in [0.29, 0.717) is 10.0 Å². The number of rotatable bonds is 2. The van der Waals surface area contributed by atoms with Crippen LogP contribution in [0, 0.1) is 0 Å². The lowest BCUT2D eigenvalue weighted by molar-refractivity contribution is 0.103. The van der Waals surface area contributed by atoms with Crippen molar-refractivity contribution in [2.24, 2.45) is 0 Å². The Morgan fingerprint density at radius 1 is 0.900 bits per heavy atom. The number of benzene rings is 2. The average Bonchev–Trinajstić information content (AvgIpc) is 2.36. The summed E-state index contributed by atoms with van der Waals surface area (Å²) in [6.07, 6.45) is 0. The molecule has 1 nitrogen and oxygen atoms in total. The van der Waals surface area contributed by atoms with Crippen molar-refractivity contribution in [1.29, 1.82) is 0 Å². The summed E-state index contributed by atoms with van der Waals surface area (Å²) < 4.78 is 1.46. The van der Waals surface area contributed by atoms with Crippen molar-refractivity contribution in [2.75, 3.05) is 0 Å². The van der Waals surface area contributed by atoms with E-state index in [-0.39, 0.29) is 31.4 Å². The third-order valence-corrected chi connectivity index (χ3v) is 5.23. The lowest BCUT2D eigenvalue weighted by atomic mass is 10.0. The van der Waals surface area contributed by atoms with Crippen LogP contribution in [0.5, 0.6) is 0 Å². The standard InChI is InChI=1S/C13H4Br2Cl4O/c14-5-1-2-6(7(15)3-5)13(20)10-8(16)4-9(17)11(18)12(10)19/h1-4H. The second kappa shape index (κ2) is 6.55. The summed E-state index contributed by atoms with van der Waals surface area (Å²) in [6, 6.07) is 6.56. The molecule has 2 rings (SSSR count). The zero-order valence-corrected chi connectivity index (χ0v) is 15.7. The van der Waals surface area contributed by atoms with Gasteiger partial charge in [0, 0.05) is 14.5 Å². The molecular formula is C13H4Br2Cl4O. The topological polar surface area (TPSA) is 17.1 Å². The van der Waals surface area contributed by atoms with E-state index in [1.54, 1.807) is 18.2 Å². The molecule has 2 aromatic rings. The SMILES string of the molecule is O=C(c1ccc(Br)cc1Br)c1c(Cl)cc(Cl)c(Cl)c1Cl. The number of carbonyl (C=O) groups excluding carboxylic acids is 1. The molecule has 0 amide bonds. The van der Waals surface area contributed by atoms with Gasteiger partial charge in [-0.1, -0.05) is 62.3 Å². The molecule has 0 N–H and O–H groups in total. The maximum Gasteiger partial charge on any atom is 0.197 e. The largest absolute Gasteiger partial charge is 0.288 e. The van der Waals surface area contributed by atoms with Gasteiger partial charge in [-0.3, -0.25) is 4.79 Å². The molecule has 2 aromatic carbocycles. The molecule has 0 radical (unpaired) electrons. The Morgan fingerprint density at radius 2 is 1.55 bits per heavy atom. The maximum absolute atomic E-state index is 12.6. The van der Waals surface area contributed by atoms with Crippen molar-refractivity contribution < 1.29 is 4.79 Å². The molecular weight excluding hydrogens is 474 g/mol. The van der Waals surface area contributed by atoms with Gasteiger partial charge in [0.15, 0.2) is 5.78 Å². The van der Waals surface area contributed by atoms with E-state index in [9.17, 15) is 4.79 Å².